The quantitative estimate of drug-likeness (QED) is 0.629. The van der Waals surface area contributed by atoms with Crippen molar-refractivity contribution < 1.29 is 9.59 Å². The highest BCUT2D eigenvalue weighted by Gasteiger charge is 2.33. The van der Waals surface area contributed by atoms with Gasteiger partial charge in [0.1, 0.15) is 0 Å². The first-order chi connectivity index (χ1) is 13.4. The normalized spacial score (nSPS) is 13.2. The Morgan fingerprint density at radius 1 is 0.679 bits per heavy atom. The maximum absolute atomic E-state index is 13.3. The van der Waals surface area contributed by atoms with E-state index in [0.29, 0.717) is 34.3 Å². The van der Waals surface area contributed by atoms with Gasteiger partial charge in [-0.2, -0.15) is 0 Å². The van der Waals surface area contributed by atoms with E-state index in [4.69, 9.17) is 0 Å². The molecular formula is C24H30N2O2. The van der Waals surface area contributed by atoms with E-state index in [-0.39, 0.29) is 11.6 Å². The van der Waals surface area contributed by atoms with Crippen LogP contribution in [0.1, 0.15) is 70.7 Å². The van der Waals surface area contributed by atoms with Crippen LogP contribution in [0.2, 0.25) is 0 Å². The summed E-state index contributed by atoms with van der Waals surface area (Å²) < 4.78 is 0. The minimum absolute atomic E-state index is 0.0246. The molecule has 4 heteroatoms. The van der Waals surface area contributed by atoms with Crippen molar-refractivity contribution >= 4 is 11.6 Å². The Bertz CT molecular complexity index is 812. The summed E-state index contributed by atoms with van der Waals surface area (Å²) in [7, 11) is 0. The third-order valence-corrected chi connectivity index (χ3v) is 5.14. The predicted octanol–water partition coefficient (Wildman–Crippen LogP) is 3.54. The number of carbonyl (C=O) groups excluding carboxylic acids is 2. The van der Waals surface area contributed by atoms with E-state index in [1.807, 2.05) is 24.3 Å². The summed E-state index contributed by atoms with van der Waals surface area (Å²) in [5, 5.41) is 6.80. The van der Waals surface area contributed by atoms with Crippen molar-refractivity contribution in [1.29, 1.82) is 0 Å². The van der Waals surface area contributed by atoms with Crippen LogP contribution in [0, 0.1) is 0 Å². The van der Waals surface area contributed by atoms with Crippen LogP contribution < -0.4 is 10.6 Å². The lowest BCUT2D eigenvalue weighted by molar-refractivity contribution is 0.0977. The fourth-order valence-corrected chi connectivity index (χ4v) is 3.76. The van der Waals surface area contributed by atoms with Gasteiger partial charge in [0.05, 0.1) is 0 Å². The highest BCUT2D eigenvalue weighted by molar-refractivity contribution is 6.29. The van der Waals surface area contributed by atoms with Crippen LogP contribution in [-0.2, 0) is 12.8 Å². The lowest BCUT2D eigenvalue weighted by Gasteiger charge is -2.23. The first-order valence-electron chi connectivity index (χ1n) is 10.2. The van der Waals surface area contributed by atoms with Gasteiger partial charge in [0.25, 0.3) is 0 Å². The molecule has 0 fully saturated rings. The van der Waals surface area contributed by atoms with Crippen molar-refractivity contribution in [3.8, 4) is 0 Å². The van der Waals surface area contributed by atoms with Crippen molar-refractivity contribution in [3.63, 3.8) is 0 Å². The average Bonchev–Trinajstić information content (AvgIpc) is 2.66. The van der Waals surface area contributed by atoms with Crippen LogP contribution in [-0.4, -0.2) is 36.7 Å². The predicted molar refractivity (Wildman–Crippen MR) is 113 cm³/mol. The molecule has 0 aliphatic heterocycles. The standard InChI is InChI=1S/C24H30N2O2/c1-15(2)25-13-11-17-9-10-18(12-14-26-16(3)4)22-21(17)23(27)19-7-5-6-8-20(19)24(22)28/h5-10,15-16,25-26H,11-14H2,1-4H3. The van der Waals surface area contributed by atoms with Gasteiger partial charge in [0.2, 0.25) is 0 Å². The molecule has 0 saturated carbocycles. The zero-order chi connectivity index (χ0) is 20.3. The van der Waals surface area contributed by atoms with Gasteiger partial charge in [0, 0.05) is 34.3 Å². The second-order valence-electron chi connectivity index (χ2n) is 8.06. The minimum Gasteiger partial charge on any atom is -0.314 e. The van der Waals surface area contributed by atoms with Crippen LogP contribution in [0.15, 0.2) is 36.4 Å². The van der Waals surface area contributed by atoms with Gasteiger partial charge in [0.15, 0.2) is 11.6 Å². The van der Waals surface area contributed by atoms with Crippen molar-refractivity contribution in [2.75, 3.05) is 13.1 Å². The summed E-state index contributed by atoms with van der Waals surface area (Å²) in [6.07, 6.45) is 1.46. The zero-order valence-electron chi connectivity index (χ0n) is 17.3. The Balaban J connectivity index is 2.02. The summed E-state index contributed by atoms with van der Waals surface area (Å²) in [5.41, 5.74) is 4.17. The molecular weight excluding hydrogens is 348 g/mol. The van der Waals surface area contributed by atoms with Gasteiger partial charge in [-0.1, -0.05) is 64.1 Å². The number of fused-ring (bicyclic) bond motifs is 2. The zero-order valence-corrected chi connectivity index (χ0v) is 17.3. The molecule has 1 aliphatic carbocycles. The molecule has 148 valence electrons. The number of carbonyl (C=O) groups is 2. The van der Waals surface area contributed by atoms with Crippen LogP contribution >= 0.6 is 0 Å². The van der Waals surface area contributed by atoms with Gasteiger partial charge in [-0.15, -0.1) is 0 Å². The van der Waals surface area contributed by atoms with E-state index in [2.05, 4.69) is 38.3 Å². The minimum atomic E-state index is -0.0246. The monoisotopic (exact) mass is 378 g/mol. The first kappa shape index (κ1) is 20.4. The topological polar surface area (TPSA) is 58.2 Å². The Hall–Kier alpha value is -2.30. The van der Waals surface area contributed by atoms with E-state index < -0.39 is 0 Å². The Morgan fingerprint density at radius 2 is 1.07 bits per heavy atom. The number of benzene rings is 2. The SMILES string of the molecule is CC(C)NCCc1ccc(CCNC(C)C)c2c1C(=O)c1ccccc1C2=O. The highest BCUT2D eigenvalue weighted by Crippen LogP contribution is 2.32. The molecule has 0 atom stereocenters. The molecule has 2 aromatic carbocycles. The van der Waals surface area contributed by atoms with Gasteiger partial charge < -0.3 is 10.6 Å². The number of rotatable bonds is 8. The summed E-state index contributed by atoms with van der Waals surface area (Å²) in [6.45, 7) is 9.97. The van der Waals surface area contributed by atoms with Crippen molar-refractivity contribution in [2.45, 2.75) is 52.6 Å². The van der Waals surface area contributed by atoms with Gasteiger partial charge in [-0.05, 0) is 37.1 Å². The number of ketones is 2. The smallest absolute Gasteiger partial charge is 0.194 e. The van der Waals surface area contributed by atoms with Gasteiger partial charge in [-0.3, -0.25) is 9.59 Å². The molecule has 2 aromatic rings. The number of hydrogen-bond donors (Lipinski definition) is 2. The molecule has 0 saturated heterocycles. The molecule has 0 radical (unpaired) electrons. The maximum atomic E-state index is 13.3. The van der Waals surface area contributed by atoms with E-state index in [1.54, 1.807) is 12.1 Å². The molecule has 0 unspecified atom stereocenters. The Kier molecular flexibility index (Phi) is 6.42. The van der Waals surface area contributed by atoms with Crippen LogP contribution in [0.4, 0.5) is 0 Å². The van der Waals surface area contributed by atoms with Crippen LogP contribution in [0.25, 0.3) is 0 Å². The van der Waals surface area contributed by atoms with E-state index in [1.165, 1.54) is 0 Å². The highest BCUT2D eigenvalue weighted by atomic mass is 16.1. The number of hydrogen-bond acceptors (Lipinski definition) is 4. The summed E-state index contributed by atoms with van der Waals surface area (Å²) >= 11 is 0. The summed E-state index contributed by atoms with van der Waals surface area (Å²) in [4.78, 5) is 26.6. The van der Waals surface area contributed by atoms with Crippen LogP contribution in [0.3, 0.4) is 0 Å². The van der Waals surface area contributed by atoms with Crippen molar-refractivity contribution in [1.82, 2.24) is 10.6 Å². The molecule has 28 heavy (non-hydrogen) atoms. The van der Waals surface area contributed by atoms with Gasteiger partial charge >= 0.3 is 0 Å². The second-order valence-corrected chi connectivity index (χ2v) is 8.06. The second kappa shape index (κ2) is 8.80. The fourth-order valence-electron chi connectivity index (χ4n) is 3.76. The molecule has 0 spiro atoms. The lowest BCUT2D eigenvalue weighted by atomic mass is 9.78. The molecule has 4 nitrogen and oxygen atoms in total. The van der Waals surface area contributed by atoms with Crippen LogP contribution in [0.5, 0.6) is 0 Å². The van der Waals surface area contributed by atoms with Crippen molar-refractivity contribution in [2.24, 2.45) is 0 Å². The lowest BCUT2D eigenvalue weighted by Crippen LogP contribution is -2.29. The summed E-state index contributed by atoms with van der Waals surface area (Å²) in [6, 6.07) is 12.0. The third-order valence-electron chi connectivity index (χ3n) is 5.14. The molecule has 0 amide bonds. The van der Waals surface area contributed by atoms with Gasteiger partial charge in [-0.25, -0.2) is 0 Å². The van der Waals surface area contributed by atoms with E-state index in [0.717, 1.165) is 37.1 Å². The fraction of sp³-hybridized carbons (Fsp3) is 0.417. The van der Waals surface area contributed by atoms with E-state index >= 15 is 0 Å². The molecule has 0 heterocycles. The molecule has 0 aromatic heterocycles. The molecule has 1 aliphatic rings. The average molecular weight is 379 g/mol. The third kappa shape index (κ3) is 4.23. The maximum Gasteiger partial charge on any atom is 0.194 e. The summed E-state index contributed by atoms with van der Waals surface area (Å²) in [5.74, 6) is -0.0492. The molecule has 0 bridgehead atoms. The molecule has 3 rings (SSSR count). The largest absolute Gasteiger partial charge is 0.314 e. The Labute approximate surface area is 167 Å². The first-order valence-corrected chi connectivity index (χ1v) is 10.2. The van der Waals surface area contributed by atoms with E-state index in [9.17, 15) is 9.59 Å². The molecule has 2 N–H and O–H groups in total. The van der Waals surface area contributed by atoms with Crippen molar-refractivity contribution in [3.05, 3.63) is 69.8 Å². The Morgan fingerprint density at radius 3 is 1.43 bits per heavy atom. The number of nitrogens with one attached hydrogen (secondary N) is 2.